The zero-order valence-corrected chi connectivity index (χ0v) is 19.3. The molecule has 1 saturated heterocycles. The van der Waals surface area contributed by atoms with Crippen molar-refractivity contribution in [1.82, 2.24) is 24.1 Å². The third kappa shape index (κ3) is 4.39. The Balaban J connectivity index is 1.50. The number of rotatable bonds is 6. The summed E-state index contributed by atoms with van der Waals surface area (Å²) in [6, 6.07) is 17.4. The summed E-state index contributed by atoms with van der Waals surface area (Å²) in [7, 11) is -2.46. The van der Waals surface area contributed by atoms with Gasteiger partial charge < -0.3 is 0 Å². The van der Waals surface area contributed by atoms with Crippen LogP contribution in [0, 0.1) is 6.92 Å². The first kappa shape index (κ1) is 22.7. The highest BCUT2D eigenvalue weighted by molar-refractivity contribution is 7.89. The maximum atomic E-state index is 13.3. The number of sulfonamides is 1. The number of amides is 2. The molecule has 10 heteroatoms. The lowest BCUT2D eigenvalue weighted by molar-refractivity contribution is -0.140. The summed E-state index contributed by atoms with van der Waals surface area (Å²) in [5, 5.41) is 7.05. The third-order valence-electron chi connectivity index (χ3n) is 5.60. The van der Waals surface area contributed by atoms with Gasteiger partial charge in [0.1, 0.15) is 0 Å². The molecule has 4 rings (SSSR count). The number of hydrogen-bond donors (Lipinski definition) is 0. The summed E-state index contributed by atoms with van der Waals surface area (Å²) in [5.41, 5.74) is 1.88. The molecule has 2 amide bonds. The monoisotopic (exact) mass is 467 g/mol. The van der Waals surface area contributed by atoms with Crippen molar-refractivity contribution in [3.63, 3.8) is 0 Å². The van der Waals surface area contributed by atoms with Crippen LogP contribution in [0.5, 0.6) is 0 Å². The number of hydrogen-bond acceptors (Lipinski definition) is 5. The van der Waals surface area contributed by atoms with Crippen molar-refractivity contribution < 1.29 is 18.0 Å². The maximum absolute atomic E-state index is 13.3. The summed E-state index contributed by atoms with van der Waals surface area (Å²) in [4.78, 5) is 26.4. The lowest BCUT2D eigenvalue weighted by atomic mass is 10.2. The van der Waals surface area contributed by atoms with E-state index in [1.165, 1.54) is 35.4 Å². The van der Waals surface area contributed by atoms with Gasteiger partial charge in [-0.2, -0.15) is 9.40 Å². The Morgan fingerprint density at radius 1 is 0.970 bits per heavy atom. The van der Waals surface area contributed by atoms with Crippen LogP contribution in [0.4, 0.5) is 0 Å². The molecule has 0 bridgehead atoms. The highest BCUT2D eigenvalue weighted by atomic mass is 32.2. The molecule has 0 aliphatic carbocycles. The summed E-state index contributed by atoms with van der Waals surface area (Å²) >= 11 is 0. The molecule has 9 nitrogen and oxygen atoms in total. The SMILES string of the molecule is Cc1c(C(=O)N2CCCN2C(=O)CN(C)S(=O)(=O)c2ccccc2)cnn1-c1ccccc1. The minimum absolute atomic E-state index is 0.110. The highest BCUT2D eigenvalue weighted by Gasteiger charge is 2.34. The van der Waals surface area contributed by atoms with Gasteiger partial charge in [0.05, 0.1) is 34.6 Å². The fourth-order valence-corrected chi connectivity index (χ4v) is 4.94. The van der Waals surface area contributed by atoms with Gasteiger partial charge in [-0.05, 0) is 37.6 Å². The van der Waals surface area contributed by atoms with Crippen LogP contribution in [0.3, 0.4) is 0 Å². The van der Waals surface area contributed by atoms with Gasteiger partial charge in [-0.3, -0.25) is 14.6 Å². The van der Waals surface area contributed by atoms with Crippen molar-refractivity contribution in [2.75, 3.05) is 26.7 Å². The lowest BCUT2D eigenvalue weighted by Gasteiger charge is -2.29. The standard InChI is InChI=1S/C23H25N5O4S/c1-18-21(16-24-28(18)19-10-5-3-6-11-19)23(30)27-15-9-14-26(27)22(29)17-25(2)33(31,32)20-12-7-4-8-13-20/h3-8,10-13,16H,9,14-15,17H2,1-2H3. The predicted octanol–water partition coefficient (Wildman–Crippen LogP) is 2.09. The van der Waals surface area contributed by atoms with E-state index in [4.69, 9.17) is 0 Å². The Morgan fingerprint density at radius 3 is 2.24 bits per heavy atom. The molecule has 3 aromatic rings. The van der Waals surface area contributed by atoms with E-state index >= 15 is 0 Å². The van der Waals surface area contributed by atoms with E-state index in [2.05, 4.69) is 5.10 Å². The van der Waals surface area contributed by atoms with Crippen LogP contribution in [0.1, 0.15) is 22.5 Å². The van der Waals surface area contributed by atoms with Gasteiger partial charge in [-0.1, -0.05) is 36.4 Å². The van der Waals surface area contributed by atoms with Crippen LogP contribution < -0.4 is 0 Å². The summed E-state index contributed by atoms with van der Waals surface area (Å²) in [5.74, 6) is -0.801. The number of hydrazine groups is 1. The molecular weight excluding hydrogens is 442 g/mol. The van der Waals surface area contributed by atoms with Gasteiger partial charge in [0, 0.05) is 20.1 Å². The van der Waals surface area contributed by atoms with Crippen molar-refractivity contribution >= 4 is 21.8 Å². The van der Waals surface area contributed by atoms with Gasteiger partial charge in [0.2, 0.25) is 10.0 Å². The Kier molecular flexibility index (Phi) is 6.30. The molecule has 0 N–H and O–H groups in total. The van der Waals surface area contributed by atoms with E-state index in [-0.39, 0.29) is 17.3 Å². The largest absolute Gasteiger partial charge is 0.275 e. The molecule has 0 unspecified atom stereocenters. The van der Waals surface area contributed by atoms with Gasteiger partial charge in [0.25, 0.3) is 11.8 Å². The Labute approximate surface area is 192 Å². The second-order valence-corrected chi connectivity index (χ2v) is 9.81. The summed E-state index contributed by atoms with van der Waals surface area (Å²) in [6.07, 6.45) is 2.11. The van der Waals surface area contributed by atoms with Gasteiger partial charge in [-0.15, -0.1) is 0 Å². The highest BCUT2D eigenvalue weighted by Crippen LogP contribution is 2.21. The molecule has 2 heterocycles. The number of aromatic nitrogens is 2. The van der Waals surface area contributed by atoms with E-state index in [0.717, 1.165) is 9.99 Å². The topological polar surface area (TPSA) is 95.8 Å². The van der Waals surface area contributed by atoms with Crippen LogP contribution in [0.25, 0.3) is 5.69 Å². The zero-order chi connectivity index (χ0) is 23.6. The van der Waals surface area contributed by atoms with Gasteiger partial charge in [0.15, 0.2) is 0 Å². The number of carbonyl (C=O) groups is 2. The normalized spacial score (nSPS) is 14.2. The van der Waals surface area contributed by atoms with E-state index in [1.54, 1.807) is 29.8 Å². The molecule has 0 atom stereocenters. The molecular formula is C23H25N5O4S. The van der Waals surface area contributed by atoms with Crippen molar-refractivity contribution in [3.8, 4) is 5.69 Å². The molecule has 33 heavy (non-hydrogen) atoms. The first-order valence-corrected chi connectivity index (χ1v) is 12.0. The minimum Gasteiger partial charge on any atom is -0.271 e. The van der Waals surface area contributed by atoms with Crippen LogP contribution in [-0.4, -0.2) is 71.0 Å². The zero-order valence-electron chi connectivity index (χ0n) is 18.5. The second-order valence-electron chi connectivity index (χ2n) is 7.76. The fourth-order valence-electron chi connectivity index (χ4n) is 3.80. The molecule has 0 saturated carbocycles. The molecule has 1 aliphatic rings. The first-order chi connectivity index (χ1) is 15.8. The lowest BCUT2D eigenvalue weighted by Crippen LogP contribution is -2.49. The second kappa shape index (κ2) is 9.16. The number of likely N-dealkylation sites (N-methyl/N-ethyl adjacent to an activating group) is 1. The van der Waals surface area contributed by atoms with Crippen molar-refractivity contribution in [1.29, 1.82) is 0 Å². The Morgan fingerprint density at radius 2 is 1.58 bits per heavy atom. The predicted molar refractivity (Wildman–Crippen MR) is 122 cm³/mol. The number of para-hydroxylation sites is 1. The third-order valence-corrected chi connectivity index (χ3v) is 7.42. The minimum atomic E-state index is -3.82. The summed E-state index contributed by atoms with van der Waals surface area (Å²) in [6.45, 7) is 2.14. The van der Waals surface area contributed by atoms with E-state index in [0.29, 0.717) is 30.8 Å². The van der Waals surface area contributed by atoms with Crippen LogP contribution >= 0.6 is 0 Å². The first-order valence-electron chi connectivity index (χ1n) is 10.5. The van der Waals surface area contributed by atoms with E-state index in [9.17, 15) is 18.0 Å². The molecule has 0 spiro atoms. The van der Waals surface area contributed by atoms with Crippen molar-refractivity contribution in [3.05, 3.63) is 78.1 Å². The van der Waals surface area contributed by atoms with Crippen molar-refractivity contribution in [2.24, 2.45) is 0 Å². The molecule has 172 valence electrons. The van der Waals surface area contributed by atoms with Gasteiger partial charge >= 0.3 is 0 Å². The molecule has 1 aliphatic heterocycles. The number of benzene rings is 2. The quantitative estimate of drug-likeness (QED) is 0.553. The Bertz CT molecular complexity index is 1260. The van der Waals surface area contributed by atoms with E-state index in [1.807, 2.05) is 30.3 Å². The van der Waals surface area contributed by atoms with E-state index < -0.39 is 15.9 Å². The maximum Gasteiger partial charge on any atom is 0.275 e. The van der Waals surface area contributed by atoms with Crippen LogP contribution in [0.15, 0.2) is 71.8 Å². The average Bonchev–Trinajstić information content (AvgIpc) is 3.47. The number of carbonyl (C=O) groups excluding carboxylic acids is 2. The number of nitrogens with zero attached hydrogens (tertiary/aromatic N) is 5. The van der Waals surface area contributed by atoms with Crippen LogP contribution in [-0.2, 0) is 14.8 Å². The molecule has 1 fully saturated rings. The average molecular weight is 468 g/mol. The Hall–Kier alpha value is -3.50. The van der Waals surface area contributed by atoms with Gasteiger partial charge in [-0.25, -0.2) is 18.1 Å². The molecule has 1 aromatic heterocycles. The smallest absolute Gasteiger partial charge is 0.271 e. The van der Waals surface area contributed by atoms with Crippen molar-refractivity contribution in [2.45, 2.75) is 18.2 Å². The summed E-state index contributed by atoms with van der Waals surface area (Å²) < 4.78 is 28.2. The molecule has 2 aromatic carbocycles. The van der Waals surface area contributed by atoms with Crippen LogP contribution in [0.2, 0.25) is 0 Å². The fraction of sp³-hybridized carbons (Fsp3) is 0.261. The molecule has 0 radical (unpaired) electrons.